The number of hydrogen-bond acceptors (Lipinski definition) is 3. The summed E-state index contributed by atoms with van der Waals surface area (Å²) in [7, 11) is -3.25. The maximum absolute atomic E-state index is 12.0. The van der Waals surface area contributed by atoms with Crippen LogP contribution >= 0.6 is 0 Å². The number of benzene rings is 1. The van der Waals surface area contributed by atoms with Crippen LogP contribution in [-0.4, -0.2) is 26.8 Å². The van der Waals surface area contributed by atoms with Crippen LogP contribution in [0.3, 0.4) is 0 Å². The zero-order valence-electron chi connectivity index (χ0n) is 9.02. The lowest BCUT2D eigenvalue weighted by Gasteiger charge is -2.23. The minimum atomic E-state index is -3.25. The first-order valence-corrected chi connectivity index (χ1v) is 7.00. The van der Waals surface area contributed by atoms with Gasteiger partial charge in [-0.3, -0.25) is 4.72 Å². The molecule has 0 bridgehead atoms. The summed E-state index contributed by atoms with van der Waals surface area (Å²) in [5, 5.41) is 2.79. The first-order chi connectivity index (χ1) is 7.68. The Labute approximate surface area is 96.1 Å². The van der Waals surface area contributed by atoms with Gasteiger partial charge in [0.2, 0.25) is 10.0 Å². The monoisotopic (exact) mass is 240 g/mol. The molecule has 1 aliphatic rings. The van der Waals surface area contributed by atoms with Crippen molar-refractivity contribution in [1.29, 1.82) is 0 Å². The van der Waals surface area contributed by atoms with Gasteiger partial charge in [-0.2, -0.15) is 0 Å². The van der Waals surface area contributed by atoms with Crippen LogP contribution in [0.4, 0.5) is 5.69 Å². The molecule has 0 aromatic heterocycles. The van der Waals surface area contributed by atoms with E-state index in [1.165, 1.54) is 0 Å². The van der Waals surface area contributed by atoms with Crippen molar-refractivity contribution in [3.05, 3.63) is 30.3 Å². The third-order valence-electron chi connectivity index (χ3n) is 2.72. The van der Waals surface area contributed by atoms with Crippen molar-refractivity contribution in [2.45, 2.75) is 18.1 Å². The van der Waals surface area contributed by atoms with Crippen LogP contribution in [0.5, 0.6) is 0 Å². The van der Waals surface area contributed by atoms with Crippen molar-refractivity contribution in [3.63, 3.8) is 0 Å². The minimum absolute atomic E-state index is 0.318. The maximum Gasteiger partial charge on any atom is 0.236 e. The summed E-state index contributed by atoms with van der Waals surface area (Å²) < 4.78 is 26.6. The van der Waals surface area contributed by atoms with Gasteiger partial charge in [0, 0.05) is 12.2 Å². The fourth-order valence-electron chi connectivity index (χ4n) is 1.84. The number of rotatable bonds is 3. The molecule has 5 heteroatoms. The Bertz CT molecular complexity index is 425. The van der Waals surface area contributed by atoms with Gasteiger partial charge in [0.25, 0.3) is 0 Å². The molecular weight excluding hydrogens is 224 g/mol. The van der Waals surface area contributed by atoms with E-state index in [1.807, 2.05) is 18.2 Å². The molecule has 2 rings (SSSR count). The average Bonchev–Trinajstić information content (AvgIpc) is 2.31. The van der Waals surface area contributed by atoms with E-state index in [-0.39, 0.29) is 5.25 Å². The lowest BCUT2D eigenvalue weighted by atomic mass is 10.2. The van der Waals surface area contributed by atoms with Crippen molar-refractivity contribution in [2.75, 3.05) is 17.8 Å². The van der Waals surface area contributed by atoms with Gasteiger partial charge in [0.15, 0.2) is 0 Å². The van der Waals surface area contributed by atoms with Crippen LogP contribution in [0.2, 0.25) is 0 Å². The van der Waals surface area contributed by atoms with E-state index >= 15 is 0 Å². The highest BCUT2D eigenvalue weighted by Crippen LogP contribution is 2.15. The number of anilines is 1. The Balaban J connectivity index is 2.08. The molecule has 0 radical (unpaired) electrons. The Kier molecular flexibility index (Phi) is 3.46. The molecule has 1 aliphatic heterocycles. The quantitative estimate of drug-likeness (QED) is 0.834. The van der Waals surface area contributed by atoms with E-state index < -0.39 is 10.0 Å². The van der Waals surface area contributed by atoms with E-state index in [0.29, 0.717) is 12.2 Å². The average molecular weight is 240 g/mol. The predicted molar refractivity (Wildman–Crippen MR) is 64.9 cm³/mol. The van der Waals surface area contributed by atoms with E-state index in [1.54, 1.807) is 12.1 Å². The van der Waals surface area contributed by atoms with Gasteiger partial charge in [0.1, 0.15) is 0 Å². The second-order valence-corrected chi connectivity index (χ2v) is 5.94. The summed E-state index contributed by atoms with van der Waals surface area (Å²) in [6.07, 6.45) is 1.65. The fourth-order valence-corrected chi connectivity index (χ4v) is 3.28. The van der Waals surface area contributed by atoms with Crippen molar-refractivity contribution < 1.29 is 8.42 Å². The summed E-state index contributed by atoms with van der Waals surface area (Å²) in [4.78, 5) is 0. The van der Waals surface area contributed by atoms with Gasteiger partial charge in [-0.15, -0.1) is 0 Å². The van der Waals surface area contributed by atoms with E-state index in [9.17, 15) is 8.42 Å². The first-order valence-electron chi connectivity index (χ1n) is 5.46. The summed E-state index contributed by atoms with van der Waals surface area (Å²) in [5.74, 6) is 0. The molecule has 1 heterocycles. The lowest BCUT2D eigenvalue weighted by Crippen LogP contribution is -2.41. The molecule has 0 saturated carbocycles. The van der Waals surface area contributed by atoms with Gasteiger partial charge < -0.3 is 5.32 Å². The van der Waals surface area contributed by atoms with Crippen LogP contribution in [0.15, 0.2) is 30.3 Å². The van der Waals surface area contributed by atoms with Gasteiger partial charge >= 0.3 is 0 Å². The van der Waals surface area contributed by atoms with E-state index in [4.69, 9.17) is 0 Å². The zero-order chi connectivity index (χ0) is 11.4. The second kappa shape index (κ2) is 4.84. The molecule has 0 unspecified atom stereocenters. The largest absolute Gasteiger partial charge is 0.315 e. The number of nitrogens with one attached hydrogen (secondary N) is 2. The number of para-hydroxylation sites is 1. The molecule has 88 valence electrons. The topological polar surface area (TPSA) is 58.2 Å². The molecule has 4 nitrogen and oxygen atoms in total. The molecule has 0 spiro atoms. The highest BCUT2D eigenvalue weighted by Gasteiger charge is 2.26. The molecule has 0 amide bonds. The number of sulfonamides is 1. The maximum atomic E-state index is 12.0. The third-order valence-corrected chi connectivity index (χ3v) is 4.52. The van der Waals surface area contributed by atoms with Crippen LogP contribution in [-0.2, 0) is 10.0 Å². The minimum Gasteiger partial charge on any atom is -0.315 e. The van der Waals surface area contributed by atoms with Crippen molar-refractivity contribution in [1.82, 2.24) is 5.32 Å². The van der Waals surface area contributed by atoms with Crippen LogP contribution in [0.25, 0.3) is 0 Å². The fraction of sp³-hybridized carbons (Fsp3) is 0.455. The summed E-state index contributed by atoms with van der Waals surface area (Å²) >= 11 is 0. The van der Waals surface area contributed by atoms with Crippen LogP contribution in [0.1, 0.15) is 12.8 Å². The molecule has 1 aromatic carbocycles. The molecule has 1 atom stereocenters. The SMILES string of the molecule is O=S(=O)(Nc1ccccc1)[C@H]1CCCNC1. The second-order valence-electron chi connectivity index (χ2n) is 3.98. The normalized spacial score (nSPS) is 21.6. The molecule has 1 saturated heterocycles. The Hall–Kier alpha value is -1.07. The van der Waals surface area contributed by atoms with Gasteiger partial charge in [-0.1, -0.05) is 18.2 Å². The Morgan fingerprint density at radius 2 is 2.00 bits per heavy atom. The van der Waals surface area contributed by atoms with Crippen LogP contribution in [0, 0.1) is 0 Å². The van der Waals surface area contributed by atoms with Crippen molar-refractivity contribution >= 4 is 15.7 Å². The summed E-state index contributed by atoms with van der Waals surface area (Å²) in [6, 6.07) is 9.01. The Morgan fingerprint density at radius 3 is 2.62 bits per heavy atom. The van der Waals surface area contributed by atoms with Crippen molar-refractivity contribution in [3.8, 4) is 0 Å². The van der Waals surface area contributed by atoms with E-state index in [0.717, 1.165) is 19.4 Å². The summed E-state index contributed by atoms with van der Waals surface area (Å²) in [5.41, 5.74) is 0.632. The summed E-state index contributed by atoms with van der Waals surface area (Å²) in [6.45, 7) is 1.46. The highest BCUT2D eigenvalue weighted by molar-refractivity contribution is 7.93. The van der Waals surface area contributed by atoms with E-state index in [2.05, 4.69) is 10.0 Å². The standard InChI is InChI=1S/C11H16N2O2S/c14-16(15,11-7-4-8-12-9-11)13-10-5-2-1-3-6-10/h1-3,5-6,11-13H,4,7-9H2/t11-/m0/s1. The molecule has 16 heavy (non-hydrogen) atoms. The predicted octanol–water partition coefficient (Wildman–Crippen LogP) is 1.18. The van der Waals surface area contributed by atoms with Gasteiger partial charge in [0.05, 0.1) is 5.25 Å². The number of hydrogen-bond donors (Lipinski definition) is 2. The lowest BCUT2D eigenvalue weighted by molar-refractivity contribution is 0.499. The molecular formula is C11H16N2O2S. The van der Waals surface area contributed by atoms with Crippen molar-refractivity contribution in [2.24, 2.45) is 0 Å². The first kappa shape index (κ1) is 11.4. The number of piperidine rings is 1. The Morgan fingerprint density at radius 1 is 1.25 bits per heavy atom. The zero-order valence-corrected chi connectivity index (χ0v) is 9.83. The van der Waals surface area contributed by atoms with Crippen LogP contribution < -0.4 is 10.0 Å². The molecule has 1 fully saturated rings. The molecule has 2 N–H and O–H groups in total. The highest BCUT2D eigenvalue weighted by atomic mass is 32.2. The molecule has 1 aromatic rings. The van der Waals surface area contributed by atoms with Gasteiger partial charge in [-0.25, -0.2) is 8.42 Å². The van der Waals surface area contributed by atoms with Gasteiger partial charge in [-0.05, 0) is 31.5 Å². The third kappa shape index (κ3) is 2.74. The smallest absolute Gasteiger partial charge is 0.236 e. The molecule has 0 aliphatic carbocycles.